The minimum atomic E-state index is -0.619. The lowest BCUT2D eigenvalue weighted by Gasteiger charge is -2.21. The Labute approximate surface area is 124 Å². The highest BCUT2D eigenvalue weighted by atomic mass is 19.1. The van der Waals surface area contributed by atoms with Gasteiger partial charge in [0.25, 0.3) is 5.91 Å². The lowest BCUT2D eigenvalue weighted by Crippen LogP contribution is -2.30. The summed E-state index contributed by atoms with van der Waals surface area (Å²) in [6.45, 7) is 5.17. The van der Waals surface area contributed by atoms with E-state index in [0.717, 1.165) is 18.4 Å². The molecule has 5 heteroatoms. The number of amidine groups is 1. The number of nitrogens with zero attached hydrogens (tertiary/aromatic N) is 1. The van der Waals surface area contributed by atoms with Crippen LogP contribution in [0.3, 0.4) is 0 Å². The third-order valence-electron chi connectivity index (χ3n) is 3.76. The van der Waals surface area contributed by atoms with Crippen LogP contribution in [0.1, 0.15) is 48.5 Å². The number of aliphatic imine (C=N–C) groups is 1. The summed E-state index contributed by atoms with van der Waals surface area (Å²) in [4.78, 5) is 15.9. The van der Waals surface area contributed by atoms with Crippen LogP contribution in [0.5, 0.6) is 0 Å². The second-order valence-corrected chi connectivity index (χ2v) is 5.62. The number of amides is 1. The average Bonchev–Trinajstić information content (AvgIpc) is 2.47. The summed E-state index contributed by atoms with van der Waals surface area (Å²) in [5.41, 5.74) is 6.69. The van der Waals surface area contributed by atoms with Crippen molar-refractivity contribution in [1.29, 1.82) is 0 Å². The Morgan fingerprint density at radius 1 is 1.38 bits per heavy atom. The van der Waals surface area contributed by atoms with E-state index in [-0.39, 0.29) is 23.2 Å². The quantitative estimate of drug-likeness (QED) is 0.688. The van der Waals surface area contributed by atoms with Gasteiger partial charge in [0.15, 0.2) is 0 Å². The molecule has 1 aliphatic heterocycles. The van der Waals surface area contributed by atoms with Gasteiger partial charge in [-0.3, -0.25) is 4.79 Å². The van der Waals surface area contributed by atoms with Crippen LogP contribution in [-0.4, -0.2) is 25.0 Å². The molecule has 4 nitrogen and oxygen atoms in total. The lowest BCUT2D eigenvalue weighted by atomic mass is 9.99. The van der Waals surface area contributed by atoms with Crippen LogP contribution >= 0.6 is 0 Å². The average molecular weight is 292 g/mol. The van der Waals surface area contributed by atoms with E-state index < -0.39 is 11.7 Å². The van der Waals surface area contributed by atoms with Crippen molar-refractivity contribution in [3.8, 4) is 0 Å². The van der Waals surface area contributed by atoms with Crippen LogP contribution in [0.15, 0.2) is 23.2 Å². The molecule has 0 aromatic heterocycles. The SMILES string of the molecule is CC(C)c1ccc(C(=O)N=C(N)C2CCOCC2)c(F)c1. The second kappa shape index (κ2) is 6.80. The van der Waals surface area contributed by atoms with Gasteiger partial charge in [-0.1, -0.05) is 19.9 Å². The van der Waals surface area contributed by atoms with Gasteiger partial charge < -0.3 is 10.5 Å². The Kier molecular flexibility index (Phi) is 5.07. The van der Waals surface area contributed by atoms with Crippen molar-refractivity contribution in [2.24, 2.45) is 16.6 Å². The standard InChI is InChI=1S/C16H21FN2O2/c1-10(2)12-3-4-13(14(17)9-12)16(20)19-15(18)11-5-7-21-8-6-11/h3-4,9-11H,5-8H2,1-2H3,(H2,18,19,20). The molecule has 2 rings (SSSR count). The van der Waals surface area contributed by atoms with Crippen molar-refractivity contribution < 1.29 is 13.9 Å². The van der Waals surface area contributed by atoms with Gasteiger partial charge >= 0.3 is 0 Å². The minimum absolute atomic E-state index is 0.0330. The van der Waals surface area contributed by atoms with Gasteiger partial charge in [-0.15, -0.1) is 0 Å². The Hall–Kier alpha value is -1.75. The summed E-state index contributed by atoms with van der Waals surface area (Å²) in [7, 11) is 0. The van der Waals surface area contributed by atoms with Gasteiger partial charge in [-0.2, -0.15) is 4.99 Å². The molecule has 0 bridgehead atoms. The van der Waals surface area contributed by atoms with Gasteiger partial charge in [-0.05, 0) is 36.5 Å². The Bertz CT molecular complexity index is 549. The first-order valence-corrected chi connectivity index (χ1v) is 7.24. The third-order valence-corrected chi connectivity index (χ3v) is 3.76. The highest BCUT2D eigenvalue weighted by Gasteiger charge is 2.20. The smallest absolute Gasteiger partial charge is 0.281 e. The molecule has 1 saturated heterocycles. The monoisotopic (exact) mass is 292 g/mol. The highest BCUT2D eigenvalue weighted by Crippen LogP contribution is 2.19. The minimum Gasteiger partial charge on any atom is -0.387 e. The van der Waals surface area contributed by atoms with Crippen LogP contribution < -0.4 is 5.73 Å². The molecular formula is C16H21FN2O2. The van der Waals surface area contributed by atoms with E-state index in [1.54, 1.807) is 6.07 Å². The first kappa shape index (κ1) is 15.6. The molecule has 1 aromatic rings. The fraction of sp³-hybridized carbons (Fsp3) is 0.500. The van der Waals surface area contributed by atoms with Gasteiger partial charge in [0.1, 0.15) is 11.7 Å². The summed E-state index contributed by atoms with van der Waals surface area (Å²) >= 11 is 0. The van der Waals surface area contributed by atoms with Crippen molar-refractivity contribution in [2.45, 2.75) is 32.6 Å². The van der Waals surface area contributed by atoms with E-state index in [1.807, 2.05) is 13.8 Å². The van der Waals surface area contributed by atoms with Gasteiger partial charge in [0.05, 0.1) is 5.56 Å². The fourth-order valence-electron chi connectivity index (χ4n) is 2.33. The summed E-state index contributed by atoms with van der Waals surface area (Å²) < 4.78 is 19.2. The van der Waals surface area contributed by atoms with Crippen molar-refractivity contribution in [1.82, 2.24) is 0 Å². The molecule has 0 spiro atoms. The normalized spacial score (nSPS) is 17.2. The Morgan fingerprint density at radius 3 is 2.62 bits per heavy atom. The summed E-state index contributed by atoms with van der Waals surface area (Å²) in [6, 6.07) is 4.62. The summed E-state index contributed by atoms with van der Waals surface area (Å²) in [5.74, 6) is -0.641. The topological polar surface area (TPSA) is 64.7 Å². The van der Waals surface area contributed by atoms with Crippen molar-refractivity contribution in [3.63, 3.8) is 0 Å². The Morgan fingerprint density at radius 2 is 2.05 bits per heavy atom. The van der Waals surface area contributed by atoms with Crippen LogP contribution in [0.25, 0.3) is 0 Å². The highest BCUT2D eigenvalue weighted by molar-refractivity contribution is 6.03. The van der Waals surface area contributed by atoms with Gasteiger partial charge in [0, 0.05) is 19.1 Å². The second-order valence-electron chi connectivity index (χ2n) is 5.62. The molecule has 1 amide bonds. The number of ether oxygens (including phenoxy) is 1. The number of hydrogen-bond donors (Lipinski definition) is 1. The molecule has 0 radical (unpaired) electrons. The zero-order chi connectivity index (χ0) is 15.4. The van der Waals surface area contributed by atoms with Gasteiger partial charge in [-0.25, -0.2) is 4.39 Å². The number of benzene rings is 1. The van der Waals surface area contributed by atoms with Crippen LogP contribution in [0.4, 0.5) is 4.39 Å². The molecule has 1 aliphatic rings. The van der Waals surface area contributed by atoms with Crippen LogP contribution in [0, 0.1) is 11.7 Å². The van der Waals surface area contributed by atoms with E-state index >= 15 is 0 Å². The lowest BCUT2D eigenvalue weighted by molar-refractivity contribution is 0.0820. The van der Waals surface area contributed by atoms with Crippen LogP contribution in [-0.2, 0) is 4.74 Å². The zero-order valence-electron chi connectivity index (χ0n) is 12.4. The predicted octanol–water partition coefficient (Wildman–Crippen LogP) is 2.87. The van der Waals surface area contributed by atoms with E-state index in [1.165, 1.54) is 12.1 Å². The maximum atomic E-state index is 14.0. The van der Waals surface area contributed by atoms with E-state index in [4.69, 9.17) is 10.5 Å². The van der Waals surface area contributed by atoms with Gasteiger partial charge in [0.2, 0.25) is 0 Å². The van der Waals surface area contributed by atoms with Crippen molar-refractivity contribution in [3.05, 3.63) is 35.1 Å². The van der Waals surface area contributed by atoms with Crippen molar-refractivity contribution >= 4 is 11.7 Å². The largest absolute Gasteiger partial charge is 0.387 e. The molecule has 1 heterocycles. The maximum Gasteiger partial charge on any atom is 0.281 e. The first-order chi connectivity index (χ1) is 9.99. The molecule has 0 atom stereocenters. The number of carbonyl (C=O) groups excluding carboxylic acids is 1. The summed E-state index contributed by atoms with van der Waals surface area (Å²) in [6.07, 6.45) is 1.49. The molecular weight excluding hydrogens is 271 g/mol. The molecule has 21 heavy (non-hydrogen) atoms. The molecule has 1 aromatic carbocycles. The van der Waals surface area contributed by atoms with Crippen molar-refractivity contribution in [2.75, 3.05) is 13.2 Å². The fourth-order valence-corrected chi connectivity index (χ4v) is 2.33. The number of rotatable bonds is 3. The molecule has 0 unspecified atom stereocenters. The molecule has 2 N–H and O–H groups in total. The predicted molar refractivity (Wildman–Crippen MR) is 80.0 cm³/mol. The number of hydrogen-bond acceptors (Lipinski definition) is 2. The number of carbonyl (C=O) groups is 1. The molecule has 0 saturated carbocycles. The zero-order valence-corrected chi connectivity index (χ0v) is 12.4. The third kappa shape index (κ3) is 3.88. The Balaban J connectivity index is 2.15. The summed E-state index contributed by atoms with van der Waals surface area (Å²) in [5, 5.41) is 0. The number of halogens is 1. The van der Waals surface area contributed by atoms with Crippen LogP contribution in [0.2, 0.25) is 0 Å². The molecule has 0 aliphatic carbocycles. The first-order valence-electron chi connectivity index (χ1n) is 7.24. The number of nitrogens with two attached hydrogens (primary N) is 1. The van der Waals surface area contributed by atoms with E-state index in [2.05, 4.69) is 4.99 Å². The van der Waals surface area contributed by atoms with E-state index in [0.29, 0.717) is 13.2 Å². The molecule has 114 valence electrons. The molecule has 1 fully saturated rings. The maximum absolute atomic E-state index is 14.0. The van der Waals surface area contributed by atoms with E-state index in [9.17, 15) is 9.18 Å².